The minimum absolute atomic E-state index is 0.0342. The lowest BCUT2D eigenvalue weighted by atomic mass is 9.91. The molecule has 2 aliphatic carbocycles. The minimum Gasteiger partial charge on any atom is -0.472 e. The van der Waals surface area contributed by atoms with Crippen LogP contribution in [-0.4, -0.2) is 95.3 Å². The second kappa shape index (κ2) is 15.9. The van der Waals surface area contributed by atoms with Crippen LogP contribution in [0, 0.1) is 24.2 Å². The van der Waals surface area contributed by atoms with Gasteiger partial charge in [-0.1, -0.05) is 36.4 Å². The smallest absolute Gasteiger partial charge is 0.307 e. The number of amides is 3. The molecule has 1 aliphatic heterocycles. The summed E-state index contributed by atoms with van der Waals surface area (Å²) in [5, 5.41) is 0.988. The summed E-state index contributed by atoms with van der Waals surface area (Å²) < 4.78 is 39.7. The molecule has 5 atom stereocenters. The third-order valence-corrected chi connectivity index (χ3v) is 11.9. The Morgan fingerprint density at radius 1 is 1.13 bits per heavy atom. The molecule has 1 aromatic heterocycles. The Bertz CT molecular complexity index is 1970. The molecule has 0 bridgehead atoms. The highest BCUT2D eigenvalue weighted by atomic mass is 32.2. The van der Waals surface area contributed by atoms with Gasteiger partial charge in [-0.05, 0) is 76.5 Å². The number of ketones is 1. The van der Waals surface area contributed by atoms with Crippen molar-refractivity contribution in [1.29, 1.82) is 0 Å². The molecule has 1 N–H and O–H groups in total. The molecule has 3 fully saturated rings. The number of nitrogens with zero attached hydrogens (tertiary/aromatic N) is 3. The first kappa shape index (κ1) is 40.3. The zero-order valence-corrected chi connectivity index (χ0v) is 32.2. The summed E-state index contributed by atoms with van der Waals surface area (Å²) in [4.78, 5) is 75.9. The van der Waals surface area contributed by atoms with E-state index in [4.69, 9.17) is 9.47 Å². The van der Waals surface area contributed by atoms with Crippen molar-refractivity contribution in [2.45, 2.75) is 89.2 Å². The van der Waals surface area contributed by atoms with E-state index in [1.54, 1.807) is 27.0 Å². The van der Waals surface area contributed by atoms with Gasteiger partial charge in [-0.2, -0.15) is 0 Å². The summed E-state index contributed by atoms with van der Waals surface area (Å²) in [6.07, 6.45) is 5.43. The Hall–Kier alpha value is -4.85. The average Bonchev–Trinajstić information content (AvgIpc) is 4.03. The summed E-state index contributed by atoms with van der Waals surface area (Å²) in [5.74, 6) is -4.26. The number of hydrogen-bond acceptors (Lipinski definition) is 10. The van der Waals surface area contributed by atoms with E-state index in [0.29, 0.717) is 18.7 Å². The van der Waals surface area contributed by atoms with Gasteiger partial charge in [-0.3, -0.25) is 28.7 Å². The fourth-order valence-corrected chi connectivity index (χ4v) is 8.50. The normalized spacial score (nSPS) is 22.8. The molecule has 0 spiro atoms. The van der Waals surface area contributed by atoms with Gasteiger partial charge < -0.3 is 19.3 Å². The molecule has 54 heavy (non-hydrogen) atoms. The second-order valence-corrected chi connectivity index (χ2v) is 17.5. The number of nitrogens with one attached hydrogen (secondary N) is 1. The number of aromatic nitrogens is 1. The largest absolute Gasteiger partial charge is 0.472 e. The Labute approximate surface area is 316 Å². The van der Waals surface area contributed by atoms with Gasteiger partial charge in [0.25, 0.3) is 0 Å². The maximum Gasteiger partial charge on any atom is 0.307 e. The van der Waals surface area contributed by atoms with E-state index in [2.05, 4.69) is 29.4 Å². The molecule has 1 aromatic carbocycles. The molecule has 5 rings (SSSR count). The molecule has 3 aliphatic rings. The number of Topliss-reactive ketones (excluding diaryl/α,β-unsaturated/α-hetero) is 1. The molecule has 2 aromatic rings. The Balaban J connectivity index is 1.48. The highest BCUT2D eigenvalue weighted by molar-refractivity contribution is 7.90. The Morgan fingerprint density at radius 3 is 2.46 bits per heavy atom. The van der Waals surface area contributed by atoms with Crippen LogP contribution in [0.2, 0.25) is 0 Å². The zero-order valence-electron chi connectivity index (χ0n) is 31.4. The number of sulfonamides is 1. The van der Waals surface area contributed by atoms with Crippen LogP contribution in [-0.2, 0) is 38.7 Å². The topological polar surface area (TPSA) is 169 Å². The van der Waals surface area contributed by atoms with Crippen molar-refractivity contribution >= 4 is 50.3 Å². The van der Waals surface area contributed by atoms with E-state index >= 15 is 0 Å². The number of carbonyl (C=O) groups is 5. The van der Waals surface area contributed by atoms with Crippen LogP contribution in [0.5, 0.6) is 5.88 Å². The number of aryl methyl sites for hydroxylation is 1. The van der Waals surface area contributed by atoms with E-state index in [9.17, 15) is 32.4 Å². The Kier molecular flexibility index (Phi) is 11.8. The van der Waals surface area contributed by atoms with Crippen LogP contribution in [0.4, 0.5) is 0 Å². The first-order valence-electron chi connectivity index (χ1n) is 18.2. The standard InChI is InChI=1S/C40H50N4O9S/c1-8-17-43(34(46)10-3)23-27(19-35(47)53-39(5,6)7)37(48)44-24-29(52-36-31-14-11-25(4)18-26(31)15-16-41-36)20-32(44)33(45)22-40(21-28(40)9-2)38(49)42-54(50,51)30-12-13-30/h8-11,14-16,18,27-30,32H,1-3,12-13,17,19-24H2,4-7H3,(H,42,49)/t27-,28+,29+,32-,40+/m0/s1. The fourth-order valence-electron chi connectivity index (χ4n) is 7.12. The predicted octanol–water partition coefficient (Wildman–Crippen LogP) is 4.20. The molecule has 0 unspecified atom stereocenters. The van der Waals surface area contributed by atoms with Gasteiger partial charge >= 0.3 is 5.97 Å². The van der Waals surface area contributed by atoms with Crippen molar-refractivity contribution in [2.24, 2.45) is 17.3 Å². The van der Waals surface area contributed by atoms with Gasteiger partial charge in [-0.25, -0.2) is 13.4 Å². The number of ether oxygens (including phenoxy) is 2. The molecular weight excluding hydrogens is 713 g/mol. The number of hydrogen-bond donors (Lipinski definition) is 1. The summed E-state index contributed by atoms with van der Waals surface area (Å²) in [5.41, 5.74) is -1.16. The van der Waals surface area contributed by atoms with Gasteiger partial charge in [-0.15, -0.1) is 13.2 Å². The number of fused-ring (bicyclic) bond motifs is 1. The molecule has 3 amide bonds. The van der Waals surface area contributed by atoms with E-state index in [1.807, 2.05) is 31.2 Å². The average molecular weight is 763 g/mol. The second-order valence-electron chi connectivity index (χ2n) is 15.6. The van der Waals surface area contributed by atoms with E-state index < -0.39 is 86.2 Å². The van der Waals surface area contributed by atoms with Gasteiger partial charge in [0, 0.05) is 37.5 Å². The van der Waals surface area contributed by atoms with Crippen LogP contribution in [0.1, 0.15) is 64.9 Å². The molecule has 290 valence electrons. The van der Waals surface area contributed by atoms with Crippen molar-refractivity contribution in [2.75, 3.05) is 19.6 Å². The molecule has 2 heterocycles. The fraction of sp³-hybridized carbons (Fsp3) is 0.500. The molecule has 2 saturated carbocycles. The first-order chi connectivity index (χ1) is 25.4. The third kappa shape index (κ3) is 9.26. The lowest BCUT2D eigenvalue weighted by Gasteiger charge is -2.31. The number of allylic oxidation sites excluding steroid dienone is 1. The number of carbonyl (C=O) groups excluding carboxylic acids is 5. The van der Waals surface area contributed by atoms with Gasteiger partial charge in [0.1, 0.15) is 11.7 Å². The van der Waals surface area contributed by atoms with Gasteiger partial charge in [0.05, 0.1) is 35.6 Å². The van der Waals surface area contributed by atoms with Crippen molar-refractivity contribution in [3.8, 4) is 5.88 Å². The zero-order chi connectivity index (χ0) is 39.6. The van der Waals surface area contributed by atoms with Crippen LogP contribution < -0.4 is 9.46 Å². The Morgan fingerprint density at radius 2 is 1.85 bits per heavy atom. The molecule has 13 nitrogen and oxygen atoms in total. The summed E-state index contributed by atoms with van der Waals surface area (Å²) >= 11 is 0. The van der Waals surface area contributed by atoms with Crippen LogP contribution in [0.25, 0.3) is 10.8 Å². The number of likely N-dealkylation sites (tertiary alicyclic amines) is 1. The summed E-state index contributed by atoms with van der Waals surface area (Å²) in [6.45, 7) is 17.9. The van der Waals surface area contributed by atoms with E-state index in [-0.39, 0.29) is 38.9 Å². The molecule has 14 heteroatoms. The SMILES string of the molecule is C=CCN(C[C@H](CC(=O)OC(C)(C)C)C(=O)N1C[C@H](Oc2nccc3cc(C)ccc23)C[C@H]1C(=O)C[C@]1(C(=O)NS(=O)(=O)C2CC2)C[C@H]1C=C)C(=O)C=C. The third-order valence-electron chi connectivity index (χ3n) is 10.1. The van der Waals surface area contributed by atoms with Crippen molar-refractivity contribution in [1.82, 2.24) is 19.5 Å². The van der Waals surface area contributed by atoms with E-state index in [0.717, 1.165) is 22.4 Å². The highest BCUT2D eigenvalue weighted by Crippen LogP contribution is 2.57. The summed E-state index contributed by atoms with van der Waals surface area (Å²) in [6, 6.07) is 6.54. The van der Waals surface area contributed by atoms with Crippen molar-refractivity contribution < 1.29 is 41.9 Å². The molecular formula is C40H50N4O9S. The monoisotopic (exact) mass is 762 g/mol. The maximum atomic E-state index is 14.7. The maximum absolute atomic E-state index is 14.7. The number of rotatable bonds is 17. The number of benzene rings is 1. The molecule has 1 saturated heterocycles. The number of esters is 1. The highest BCUT2D eigenvalue weighted by Gasteiger charge is 2.61. The van der Waals surface area contributed by atoms with Gasteiger partial charge in [0.2, 0.25) is 33.6 Å². The summed E-state index contributed by atoms with van der Waals surface area (Å²) in [7, 11) is -3.89. The lowest BCUT2D eigenvalue weighted by Crippen LogP contribution is -2.49. The number of pyridine rings is 1. The van der Waals surface area contributed by atoms with Crippen LogP contribution >= 0.6 is 0 Å². The first-order valence-corrected chi connectivity index (χ1v) is 19.7. The van der Waals surface area contributed by atoms with Gasteiger partial charge in [0.15, 0.2) is 5.78 Å². The van der Waals surface area contributed by atoms with Crippen LogP contribution in [0.15, 0.2) is 68.4 Å². The van der Waals surface area contributed by atoms with E-state index in [1.165, 1.54) is 22.0 Å². The van der Waals surface area contributed by atoms with Crippen molar-refractivity contribution in [3.63, 3.8) is 0 Å². The minimum atomic E-state index is -3.89. The van der Waals surface area contributed by atoms with Crippen molar-refractivity contribution in [3.05, 3.63) is 74.0 Å². The predicted molar refractivity (Wildman–Crippen MR) is 202 cm³/mol. The van der Waals surface area contributed by atoms with Crippen LogP contribution in [0.3, 0.4) is 0 Å². The molecule has 0 radical (unpaired) electrons. The lowest BCUT2D eigenvalue weighted by molar-refractivity contribution is -0.159. The quantitative estimate of drug-likeness (QED) is 0.140.